The maximum atomic E-state index is 9.82. The Morgan fingerprint density at radius 3 is 0.880 bits per heavy atom. The van der Waals surface area contributed by atoms with Gasteiger partial charge in [0.25, 0.3) is 0 Å². The van der Waals surface area contributed by atoms with Crippen molar-refractivity contribution in [1.82, 2.24) is 0 Å². The summed E-state index contributed by atoms with van der Waals surface area (Å²) in [5.41, 5.74) is 0. The van der Waals surface area contributed by atoms with Gasteiger partial charge in [0, 0.05) is 0 Å². The van der Waals surface area contributed by atoms with Gasteiger partial charge in [0.15, 0.2) is 12.6 Å². The second-order valence-corrected chi connectivity index (χ2v) is 5.64. The molecular weight excluding hydrogens is 498 g/mol. The molecule has 0 aromatic carbocycles. The molecule has 0 bridgehead atoms. The Labute approximate surface area is 199 Å². The van der Waals surface area contributed by atoms with E-state index in [0.717, 1.165) is 0 Å². The zero-order chi connectivity index (χ0) is 17.7. The topological polar surface area (TPSA) is 238 Å². The summed E-state index contributed by atoms with van der Waals surface area (Å²) >= 11 is 0. The van der Waals surface area contributed by atoms with E-state index in [2.05, 4.69) is 18.1 Å². The fraction of sp³-hybridized carbons (Fsp3) is 1.00. The minimum atomic E-state index is -3.54. The van der Waals surface area contributed by atoms with E-state index in [9.17, 15) is 37.8 Å². The van der Waals surface area contributed by atoms with Crippen molar-refractivity contribution >= 4 is 33.0 Å². The second kappa shape index (κ2) is 25.1. The Kier molecular flexibility index (Phi) is 38.7. The molecule has 0 aromatic heterocycles. The van der Waals surface area contributed by atoms with Gasteiger partial charge in [0.1, 0.15) is 33.0 Å². The van der Waals surface area contributed by atoms with E-state index in [1.807, 2.05) is 0 Å². The summed E-state index contributed by atoms with van der Waals surface area (Å²) in [6.07, 6.45) is -3.27. The van der Waals surface area contributed by atoms with Crippen molar-refractivity contribution in [3.8, 4) is 0 Å². The molecule has 0 aliphatic carbocycles. The molecule has 0 aliphatic heterocycles. The van der Waals surface area contributed by atoms with Gasteiger partial charge in [0.2, 0.25) is 0 Å². The molecule has 4 atom stereocenters. The number of aliphatic hydroxyl groups is 2. The minimum Gasteiger partial charge on any atom is -0.781 e. The van der Waals surface area contributed by atoms with Crippen LogP contribution >= 0.6 is 33.0 Å². The molecule has 0 radical (unpaired) electrons. The van der Waals surface area contributed by atoms with Crippen molar-refractivity contribution in [2.75, 3.05) is 13.2 Å². The van der Waals surface area contributed by atoms with Crippen LogP contribution in [0.4, 0.5) is 0 Å². The fourth-order valence-electron chi connectivity index (χ4n) is 0.626. The molecule has 2 N–H and O–H groups in total. The van der Waals surface area contributed by atoms with Gasteiger partial charge in [-0.3, -0.25) is 0 Å². The summed E-state index contributed by atoms with van der Waals surface area (Å²) in [4.78, 5) is 39.3. The van der Waals surface area contributed by atoms with E-state index < -0.39 is 58.8 Å². The third-order valence-corrected chi connectivity index (χ3v) is 3.03. The normalized spacial score (nSPS) is 16.9. The van der Waals surface area contributed by atoms with Gasteiger partial charge in [-0.05, 0) is 0 Å². The zero-order valence-corrected chi connectivity index (χ0v) is 21.8. The zero-order valence-electron chi connectivity index (χ0n) is 12.7. The standard InChI is InChI=1S/2C2H8O7P2.Fe.2Na/c2*3-1-2(8-10(4)5)9-11(6)7;;;/h2*2-3,10-11H,1H2,(H,4,5)(H,6,7);;;/q;;+2;2*+1/p-4. The van der Waals surface area contributed by atoms with Crippen LogP contribution in [0.3, 0.4) is 0 Å². The minimum absolute atomic E-state index is 0. The van der Waals surface area contributed by atoms with E-state index >= 15 is 0 Å². The molecule has 0 fully saturated rings. The Hall–Kier alpha value is 3.04. The summed E-state index contributed by atoms with van der Waals surface area (Å²) in [5.74, 6) is 0. The Balaban J connectivity index is -0.0000000952. The molecule has 0 saturated carbocycles. The average Bonchev–Trinajstić information content (AvgIpc) is 2.35. The molecule has 21 heteroatoms. The SMILES string of the molecule is O=[PH]([O-])OC(CO)O[PH](=O)[O-].O=[PH]([O-])OC(CO)O[PH](=O)[O-].[Fe+2].[Na+].[Na+]. The summed E-state index contributed by atoms with van der Waals surface area (Å²) in [6.45, 7) is -1.67. The molecule has 14 nitrogen and oxygen atoms in total. The smallest absolute Gasteiger partial charge is 0.781 e. The van der Waals surface area contributed by atoms with E-state index in [0.29, 0.717) is 0 Å². The van der Waals surface area contributed by atoms with Crippen molar-refractivity contribution in [1.29, 1.82) is 0 Å². The van der Waals surface area contributed by atoms with Gasteiger partial charge >= 0.3 is 76.2 Å². The van der Waals surface area contributed by atoms with Crippen LogP contribution in [0, 0.1) is 0 Å². The number of rotatable bonds is 10. The molecule has 0 amide bonds. The average molecular weight is 510 g/mol. The van der Waals surface area contributed by atoms with Crippen molar-refractivity contribution in [2.24, 2.45) is 0 Å². The third-order valence-electron chi connectivity index (χ3n) is 1.21. The first-order chi connectivity index (χ1) is 10.1. The molecule has 0 rings (SSSR count). The molecule has 25 heavy (non-hydrogen) atoms. The Morgan fingerprint density at radius 2 is 0.800 bits per heavy atom. The monoisotopic (exact) mass is 510 g/mol. The predicted octanol–water partition coefficient (Wildman–Crippen LogP) is -10.3. The molecule has 0 aromatic rings. The van der Waals surface area contributed by atoms with Gasteiger partial charge in [-0.1, -0.05) is 0 Å². The van der Waals surface area contributed by atoms with E-state index in [4.69, 9.17) is 10.2 Å². The maximum Gasteiger partial charge on any atom is 2.00 e. The molecule has 0 saturated heterocycles. The summed E-state index contributed by atoms with van der Waals surface area (Å²) in [7, 11) is -14.1. The van der Waals surface area contributed by atoms with Crippen LogP contribution in [-0.2, 0) is 53.4 Å². The molecule has 142 valence electrons. The van der Waals surface area contributed by atoms with Gasteiger partial charge in [0.05, 0.1) is 13.2 Å². The molecule has 0 aliphatic rings. The van der Waals surface area contributed by atoms with Crippen LogP contribution in [-0.4, -0.2) is 36.0 Å². The van der Waals surface area contributed by atoms with Crippen molar-refractivity contribution < 1.29 is 142 Å². The first kappa shape index (κ1) is 38.6. The quantitative estimate of drug-likeness (QED) is 0.158. The first-order valence-corrected chi connectivity index (χ1v) is 9.74. The summed E-state index contributed by atoms with van der Waals surface area (Å²) in [6, 6.07) is 0. The van der Waals surface area contributed by atoms with Gasteiger partial charge < -0.3 is 66.1 Å². The first-order valence-electron chi connectivity index (χ1n) is 4.84. The fourth-order valence-corrected chi connectivity index (χ4v) is 2.17. The Morgan fingerprint density at radius 1 is 0.640 bits per heavy atom. The number of aliphatic hydroxyl groups excluding tert-OH is 2. The predicted molar refractivity (Wildman–Crippen MR) is 62.1 cm³/mol. The largest absolute Gasteiger partial charge is 2.00 e. The molecule has 0 spiro atoms. The van der Waals surface area contributed by atoms with Crippen LogP contribution in [0.2, 0.25) is 0 Å². The Bertz CT molecular complexity index is 333. The summed E-state index contributed by atoms with van der Waals surface area (Å²) in [5, 5.41) is 16.5. The van der Waals surface area contributed by atoms with Gasteiger partial charge in [-0.2, -0.15) is 0 Å². The third kappa shape index (κ3) is 31.9. The van der Waals surface area contributed by atoms with Gasteiger partial charge in [-0.15, -0.1) is 0 Å². The van der Waals surface area contributed by atoms with E-state index in [-0.39, 0.29) is 76.2 Å². The summed E-state index contributed by atoms with van der Waals surface area (Å²) < 4.78 is 54.7. The molecular formula is C4H12FeNa2O14P4. The van der Waals surface area contributed by atoms with Crippen molar-refractivity contribution in [2.45, 2.75) is 12.6 Å². The van der Waals surface area contributed by atoms with Crippen molar-refractivity contribution in [3.63, 3.8) is 0 Å². The number of hydrogen-bond acceptors (Lipinski definition) is 14. The molecule has 4 unspecified atom stereocenters. The van der Waals surface area contributed by atoms with Crippen LogP contribution < -0.4 is 78.7 Å². The van der Waals surface area contributed by atoms with Crippen LogP contribution in [0.25, 0.3) is 0 Å². The second-order valence-electron chi connectivity index (χ2n) is 2.70. The van der Waals surface area contributed by atoms with E-state index in [1.165, 1.54) is 0 Å². The van der Waals surface area contributed by atoms with Gasteiger partial charge in [-0.25, -0.2) is 0 Å². The van der Waals surface area contributed by atoms with Crippen LogP contribution in [0.1, 0.15) is 0 Å². The number of hydrogen-bond donors (Lipinski definition) is 2. The van der Waals surface area contributed by atoms with Crippen LogP contribution in [0.5, 0.6) is 0 Å². The van der Waals surface area contributed by atoms with E-state index in [1.54, 1.807) is 0 Å². The molecule has 0 heterocycles. The van der Waals surface area contributed by atoms with Crippen molar-refractivity contribution in [3.05, 3.63) is 0 Å². The van der Waals surface area contributed by atoms with Crippen LogP contribution in [0.15, 0.2) is 0 Å². The maximum absolute atomic E-state index is 9.82.